The Labute approximate surface area is 96.6 Å². The Morgan fingerprint density at radius 3 is 2.62 bits per heavy atom. The average Bonchev–Trinajstić information content (AvgIpc) is 2.97. The Morgan fingerprint density at radius 2 is 2.06 bits per heavy atom. The molecule has 0 bridgehead atoms. The van der Waals surface area contributed by atoms with Crippen molar-refractivity contribution in [2.45, 2.75) is 24.8 Å². The molecular weight excluding hydrogens is 239 g/mol. The van der Waals surface area contributed by atoms with Gasteiger partial charge < -0.3 is 5.32 Å². The highest BCUT2D eigenvalue weighted by Crippen LogP contribution is 2.35. The van der Waals surface area contributed by atoms with Crippen LogP contribution < -0.4 is 5.32 Å². The molecule has 2 rings (SSSR count). The van der Waals surface area contributed by atoms with Crippen LogP contribution in [0.1, 0.15) is 18.4 Å². The van der Waals surface area contributed by atoms with Crippen LogP contribution in [0.15, 0.2) is 18.2 Å². The fourth-order valence-corrected chi connectivity index (χ4v) is 1.80. The molecule has 88 valence electrons. The van der Waals surface area contributed by atoms with Gasteiger partial charge in [-0.3, -0.25) is 0 Å². The lowest BCUT2D eigenvalue weighted by Gasteiger charge is -2.19. The second kappa shape index (κ2) is 4.26. The third-order valence-corrected chi connectivity index (χ3v) is 2.83. The van der Waals surface area contributed by atoms with Gasteiger partial charge in [0.25, 0.3) is 5.92 Å². The van der Waals surface area contributed by atoms with Crippen LogP contribution in [0.4, 0.5) is 13.2 Å². The van der Waals surface area contributed by atoms with Gasteiger partial charge in [-0.05, 0) is 25.0 Å². The lowest BCUT2D eigenvalue weighted by Crippen LogP contribution is -2.33. The summed E-state index contributed by atoms with van der Waals surface area (Å²) in [6.07, 6.45) is 1.81. The summed E-state index contributed by atoms with van der Waals surface area (Å²) in [6.45, 7) is -0.571. The molecule has 5 heteroatoms. The van der Waals surface area contributed by atoms with E-state index in [1.54, 1.807) is 0 Å². The van der Waals surface area contributed by atoms with Crippen LogP contribution in [-0.4, -0.2) is 12.6 Å². The third-order valence-electron chi connectivity index (χ3n) is 2.52. The average molecular weight is 250 g/mol. The molecule has 1 aromatic carbocycles. The maximum absolute atomic E-state index is 13.7. The first-order chi connectivity index (χ1) is 7.50. The van der Waals surface area contributed by atoms with E-state index in [0.29, 0.717) is 0 Å². The molecule has 16 heavy (non-hydrogen) atoms. The van der Waals surface area contributed by atoms with Crippen molar-refractivity contribution in [1.82, 2.24) is 5.32 Å². The molecule has 1 nitrogen and oxygen atoms in total. The van der Waals surface area contributed by atoms with Gasteiger partial charge >= 0.3 is 0 Å². The van der Waals surface area contributed by atoms with Crippen LogP contribution in [-0.2, 0) is 5.92 Å². The van der Waals surface area contributed by atoms with Crippen LogP contribution in [0.5, 0.6) is 0 Å². The summed E-state index contributed by atoms with van der Waals surface area (Å²) in [6, 6.07) is 3.72. The van der Waals surface area contributed by atoms with Gasteiger partial charge in [-0.25, -0.2) is 4.39 Å². The number of benzene rings is 1. The summed E-state index contributed by atoms with van der Waals surface area (Å²) in [5.41, 5.74) is -0.718. The fourth-order valence-electron chi connectivity index (χ4n) is 1.50. The van der Waals surface area contributed by atoms with Crippen molar-refractivity contribution in [3.63, 3.8) is 0 Å². The van der Waals surface area contributed by atoms with E-state index in [9.17, 15) is 13.2 Å². The Bertz CT molecular complexity index is 371. The Balaban J connectivity index is 2.18. The van der Waals surface area contributed by atoms with Crippen LogP contribution in [0.2, 0.25) is 5.02 Å². The number of hydrogen-bond acceptors (Lipinski definition) is 1. The summed E-state index contributed by atoms with van der Waals surface area (Å²) in [7, 11) is 0. The lowest BCUT2D eigenvalue weighted by atomic mass is 10.1. The van der Waals surface area contributed by atoms with Crippen molar-refractivity contribution in [3.05, 3.63) is 34.6 Å². The highest BCUT2D eigenvalue weighted by atomic mass is 35.5. The number of nitrogens with one attached hydrogen (secondary N) is 1. The molecule has 0 saturated heterocycles. The smallest absolute Gasteiger partial charge is 0.289 e. The normalized spacial score (nSPS) is 16.5. The molecule has 1 saturated carbocycles. The molecule has 0 heterocycles. The van der Waals surface area contributed by atoms with Gasteiger partial charge in [0.05, 0.1) is 17.1 Å². The van der Waals surface area contributed by atoms with E-state index < -0.39 is 23.8 Å². The topological polar surface area (TPSA) is 12.0 Å². The first-order valence-corrected chi connectivity index (χ1v) is 5.44. The summed E-state index contributed by atoms with van der Waals surface area (Å²) in [5, 5.41) is 2.44. The molecule has 0 amide bonds. The van der Waals surface area contributed by atoms with Crippen molar-refractivity contribution in [2.75, 3.05) is 6.54 Å². The van der Waals surface area contributed by atoms with Gasteiger partial charge in [-0.15, -0.1) is 0 Å². The molecule has 0 aromatic heterocycles. The first-order valence-electron chi connectivity index (χ1n) is 5.06. The summed E-state index contributed by atoms with van der Waals surface area (Å²) < 4.78 is 40.7. The monoisotopic (exact) mass is 249 g/mol. The van der Waals surface area contributed by atoms with E-state index in [2.05, 4.69) is 5.32 Å². The standard InChI is InChI=1S/C11H11ClF3N/c12-8-2-1-3-9(13)10(8)11(14,15)6-16-7-4-5-7/h1-3,7,16H,4-6H2. The molecule has 1 aliphatic carbocycles. The van der Waals surface area contributed by atoms with Crippen molar-refractivity contribution in [2.24, 2.45) is 0 Å². The maximum Gasteiger partial charge on any atom is 0.289 e. The highest BCUT2D eigenvalue weighted by molar-refractivity contribution is 6.31. The van der Waals surface area contributed by atoms with Gasteiger partial charge in [0.1, 0.15) is 5.82 Å². The summed E-state index contributed by atoms with van der Waals surface area (Å²) >= 11 is 5.60. The number of rotatable bonds is 4. The number of hydrogen-bond donors (Lipinski definition) is 1. The molecular formula is C11H11ClF3N. The quantitative estimate of drug-likeness (QED) is 0.863. The van der Waals surface area contributed by atoms with Crippen LogP contribution in [0.3, 0.4) is 0 Å². The maximum atomic E-state index is 13.7. The predicted octanol–water partition coefficient (Wildman–Crippen LogP) is 3.32. The van der Waals surface area contributed by atoms with E-state index >= 15 is 0 Å². The summed E-state index contributed by atoms with van der Waals surface area (Å²) in [5.74, 6) is -4.24. The van der Waals surface area contributed by atoms with E-state index in [4.69, 9.17) is 11.6 Å². The van der Waals surface area contributed by atoms with Gasteiger partial charge in [0.15, 0.2) is 0 Å². The van der Waals surface area contributed by atoms with Crippen molar-refractivity contribution >= 4 is 11.6 Å². The predicted molar refractivity (Wildman–Crippen MR) is 56.3 cm³/mol. The lowest BCUT2D eigenvalue weighted by molar-refractivity contribution is -0.00678. The van der Waals surface area contributed by atoms with Crippen LogP contribution in [0, 0.1) is 5.82 Å². The molecule has 0 unspecified atom stereocenters. The highest BCUT2D eigenvalue weighted by Gasteiger charge is 2.38. The molecule has 1 fully saturated rings. The molecule has 1 N–H and O–H groups in total. The van der Waals surface area contributed by atoms with Crippen LogP contribution in [0.25, 0.3) is 0 Å². The Hall–Kier alpha value is -0.740. The van der Waals surface area contributed by atoms with Gasteiger partial charge in [-0.2, -0.15) is 8.78 Å². The second-order valence-electron chi connectivity index (χ2n) is 3.96. The SMILES string of the molecule is Fc1cccc(Cl)c1C(F)(F)CNC1CC1. The van der Waals surface area contributed by atoms with Crippen molar-refractivity contribution < 1.29 is 13.2 Å². The van der Waals surface area contributed by atoms with E-state index in [1.807, 2.05) is 0 Å². The zero-order valence-corrected chi connectivity index (χ0v) is 9.20. The van der Waals surface area contributed by atoms with Gasteiger partial charge in [0.2, 0.25) is 0 Å². The first kappa shape index (κ1) is 11.7. The zero-order valence-electron chi connectivity index (χ0n) is 8.44. The van der Waals surface area contributed by atoms with Gasteiger partial charge in [-0.1, -0.05) is 17.7 Å². The van der Waals surface area contributed by atoms with Crippen LogP contribution >= 0.6 is 11.6 Å². The van der Waals surface area contributed by atoms with E-state index in [1.165, 1.54) is 12.1 Å². The van der Waals surface area contributed by atoms with Gasteiger partial charge in [0, 0.05) is 6.04 Å². The molecule has 0 spiro atoms. The Morgan fingerprint density at radius 1 is 1.38 bits per heavy atom. The Kier molecular flexibility index (Phi) is 3.13. The largest absolute Gasteiger partial charge is 0.308 e. The van der Waals surface area contributed by atoms with Crippen molar-refractivity contribution in [1.29, 1.82) is 0 Å². The summed E-state index contributed by atoms with van der Waals surface area (Å²) in [4.78, 5) is 0. The minimum atomic E-state index is -3.27. The minimum Gasteiger partial charge on any atom is -0.308 e. The molecule has 0 aliphatic heterocycles. The zero-order chi connectivity index (χ0) is 11.8. The molecule has 1 aromatic rings. The number of halogens is 4. The molecule has 1 aliphatic rings. The van der Waals surface area contributed by atoms with E-state index in [0.717, 1.165) is 18.9 Å². The fraction of sp³-hybridized carbons (Fsp3) is 0.455. The second-order valence-corrected chi connectivity index (χ2v) is 4.36. The molecule has 0 atom stereocenters. The van der Waals surface area contributed by atoms with Crippen molar-refractivity contribution in [3.8, 4) is 0 Å². The minimum absolute atomic E-state index is 0.149. The molecule has 0 radical (unpaired) electrons. The third kappa shape index (κ3) is 2.50. The van der Waals surface area contributed by atoms with E-state index in [-0.39, 0.29) is 11.1 Å². The number of alkyl halides is 2.